The van der Waals surface area contributed by atoms with E-state index in [-0.39, 0.29) is 5.82 Å². The highest BCUT2D eigenvalue weighted by molar-refractivity contribution is 5.63. The highest BCUT2D eigenvalue weighted by atomic mass is 19.1. The molecule has 0 aliphatic rings. The molecule has 2 aromatic rings. The molecule has 0 heterocycles. The minimum Gasteiger partial charge on any atom is -0.216 e. The van der Waals surface area contributed by atoms with Crippen LogP contribution in [0.2, 0.25) is 0 Å². The van der Waals surface area contributed by atoms with Crippen LogP contribution in [0.4, 0.5) is 8.78 Å². The van der Waals surface area contributed by atoms with Crippen molar-refractivity contribution in [2.24, 2.45) is 0 Å². The van der Waals surface area contributed by atoms with Crippen LogP contribution in [-0.4, -0.2) is 0 Å². The van der Waals surface area contributed by atoms with E-state index in [0.717, 1.165) is 43.2 Å². The Balaban J connectivity index is 1.83. The Morgan fingerprint density at radius 1 is 0.762 bits per heavy atom. The van der Waals surface area contributed by atoms with Crippen LogP contribution in [-0.2, 0) is 6.42 Å². The average molecular weight is 286 g/mol. The van der Waals surface area contributed by atoms with Gasteiger partial charge in [-0.15, -0.1) is 0 Å². The molecular formula is C19H20F2. The third-order valence-corrected chi connectivity index (χ3v) is 3.56. The van der Waals surface area contributed by atoms with Gasteiger partial charge in [0.25, 0.3) is 0 Å². The van der Waals surface area contributed by atoms with Gasteiger partial charge < -0.3 is 0 Å². The number of aryl methyl sites for hydroxylation is 1. The molecule has 0 amide bonds. The van der Waals surface area contributed by atoms with Crippen LogP contribution in [0.15, 0.2) is 60.9 Å². The predicted molar refractivity (Wildman–Crippen MR) is 84.3 cm³/mol. The second-order valence-corrected chi connectivity index (χ2v) is 5.16. The topological polar surface area (TPSA) is 0 Å². The molecule has 0 unspecified atom stereocenters. The molecule has 2 heteroatoms. The fraction of sp³-hybridized carbons (Fsp3) is 0.263. The molecule has 2 aromatic carbocycles. The van der Waals surface area contributed by atoms with Crippen molar-refractivity contribution in [3.8, 4) is 11.1 Å². The Labute approximate surface area is 125 Å². The van der Waals surface area contributed by atoms with Crippen LogP contribution in [0.3, 0.4) is 0 Å². The monoisotopic (exact) mass is 286 g/mol. The predicted octanol–water partition coefficient (Wildman–Crippen LogP) is 6.08. The van der Waals surface area contributed by atoms with Crippen LogP contribution in [0.5, 0.6) is 0 Å². The molecule has 21 heavy (non-hydrogen) atoms. The van der Waals surface area contributed by atoms with Crippen LogP contribution >= 0.6 is 0 Å². The second kappa shape index (κ2) is 8.35. The van der Waals surface area contributed by atoms with Crippen LogP contribution in [0.25, 0.3) is 11.1 Å². The van der Waals surface area contributed by atoms with Gasteiger partial charge in [-0.2, -0.15) is 0 Å². The van der Waals surface area contributed by atoms with E-state index < -0.39 is 0 Å². The summed E-state index contributed by atoms with van der Waals surface area (Å²) in [6.45, 7) is 0. The third kappa shape index (κ3) is 5.14. The van der Waals surface area contributed by atoms with Gasteiger partial charge in [0.2, 0.25) is 0 Å². The lowest BCUT2D eigenvalue weighted by molar-refractivity contribution is 0.628. The summed E-state index contributed by atoms with van der Waals surface area (Å²) in [5.74, 6) is -0.210. The second-order valence-electron chi connectivity index (χ2n) is 5.16. The number of rotatable bonds is 7. The number of benzene rings is 2. The van der Waals surface area contributed by atoms with Crippen LogP contribution < -0.4 is 0 Å². The van der Waals surface area contributed by atoms with E-state index in [0.29, 0.717) is 6.33 Å². The molecular weight excluding hydrogens is 266 g/mol. The lowest BCUT2D eigenvalue weighted by atomic mass is 10.0. The Hall–Kier alpha value is -1.96. The summed E-state index contributed by atoms with van der Waals surface area (Å²) in [4.78, 5) is 0. The van der Waals surface area contributed by atoms with Crippen molar-refractivity contribution in [1.29, 1.82) is 0 Å². The molecule has 0 aliphatic heterocycles. The minimum atomic E-state index is -0.210. The summed E-state index contributed by atoms with van der Waals surface area (Å²) >= 11 is 0. The maximum Gasteiger partial charge on any atom is 0.123 e. The van der Waals surface area contributed by atoms with Gasteiger partial charge in [-0.1, -0.05) is 48.9 Å². The average Bonchev–Trinajstić information content (AvgIpc) is 2.52. The smallest absolute Gasteiger partial charge is 0.123 e. The van der Waals surface area contributed by atoms with E-state index in [1.165, 1.54) is 17.7 Å². The van der Waals surface area contributed by atoms with Gasteiger partial charge in [0, 0.05) is 0 Å². The fourth-order valence-electron chi connectivity index (χ4n) is 2.34. The van der Waals surface area contributed by atoms with Crippen molar-refractivity contribution >= 4 is 0 Å². The first-order valence-electron chi connectivity index (χ1n) is 7.40. The van der Waals surface area contributed by atoms with Gasteiger partial charge in [-0.05, 0) is 54.5 Å². The van der Waals surface area contributed by atoms with Crippen LogP contribution in [0, 0.1) is 5.82 Å². The van der Waals surface area contributed by atoms with Gasteiger partial charge >= 0.3 is 0 Å². The van der Waals surface area contributed by atoms with E-state index >= 15 is 0 Å². The first-order valence-corrected chi connectivity index (χ1v) is 7.40. The Morgan fingerprint density at radius 3 is 2.00 bits per heavy atom. The summed E-state index contributed by atoms with van der Waals surface area (Å²) in [5, 5.41) is 0. The number of allylic oxidation sites excluding steroid dienone is 1. The maximum absolute atomic E-state index is 12.9. The molecule has 0 spiro atoms. The number of hydrogen-bond donors (Lipinski definition) is 0. The highest BCUT2D eigenvalue weighted by Gasteiger charge is 1.99. The summed E-state index contributed by atoms with van der Waals surface area (Å²) in [7, 11) is 0. The molecule has 0 aromatic heterocycles. The zero-order chi connectivity index (χ0) is 14.9. The first kappa shape index (κ1) is 15.4. The zero-order valence-electron chi connectivity index (χ0n) is 12.1. The van der Waals surface area contributed by atoms with E-state index in [4.69, 9.17) is 0 Å². The molecule has 0 saturated carbocycles. The summed E-state index contributed by atoms with van der Waals surface area (Å²) < 4.78 is 24.7. The molecule has 0 aliphatic carbocycles. The normalized spacial score (nSPS) is 11.1. The highest BCUT2D eigenvalue weighted by Crippen LogP contribution is 2.20. The summed E-state index contributed by atoms with van der Waals surface area (Å²) in [5.41, 5.74) is 3.44. The van der Waals surface area contributed by atoms with E-state index in [2.05, 4.69) is 24.3 Å². The lowest BCUT2D eigenvalue weighted by Crippen LogP contribution is -1.86. The van der Waals surface area contributed by atoms with E-state index in [1.807, 2.05) is 0 Å². The number of hydrogen-bond acceptors (Lipinski definition) is 0. The van der Waals surface area contributed by atoms with E-state index in [1.54, 1.807) is 18.2 Å². The SMILES string of the molecule is FC=CCCCCCc1ccc(-c2ccc(F)cc2)cc1. The van der Waals surface area contributed by atoms with Gasteiger partial charge in [0.15, 0.2) is 0 Å². The standard InChI is InChI=1S/C19H20F2/c20-15-5-3-1-2-4-6-16-7-9-17(10-8-16)18-11-13-19(21)14-12-18/h5,7-15H,1-4,6H2. The zero-order valence-corrected chi connectivity index (χ0v) is 12.1. The molecule has 0 bridgehead atoms. The van der Waals surface area contributed by atoms with Crippen molar-refractivity contribution in [1.82, 2.24) is 0 Å². The quantitative estimate of drug-likeness (QED) is 0.541. The van der Waals surface area contributed by atoms with Gasteiger partial charge in [-0.3, -0.25) is 0 Å². The van der Waals surface area contributed by atoms with Gasteiger partial charge in [-0.25, -0.2) is 8.78 Å². The molecule has 0 N–H and O–H groups in total. The maximum atomic E-state index is 12.9. The third-order valence-electron chi connectivity index (χ3n) is 3.56. The molecule has 0 atom stereocenters. The van der Waals surface area contributed by atoms with Gasteiger partial charge in [0.1, 0.15) is 5.82 Å². The first-order chi connectivity index (χ1) is 10.3. The van der Waals surface area contributed by atoms with Crippen LogP contribution in [0.1, 0.15) is 31.2 Å². The van der Waals surface area contributed by atoms with Gasteiger partial charge in [0.05, 0.1) is 6.33 Å². The molecule has 0 saturated heterocycles. The number of unbranched alkanes of at least 4 members (excludes halogenated alkanes) is 3. The lowest BCUT2D eigenvalue weighted by Gasteiger charge is -2.05. The van der Waals surface area contributed by atoms with Crippen molar-refractivity contribution in [3.63, 3.8) is 0 Å². The Bertz CT molecular complexity index is 553. The van der Waals surface area contributed by atoms with Crippen molar-refractivity contribution < 1.29 is 8.78 Å². The molecule has 2 rings (SSSR count). The van der Waals surface area contributed by atoms with Crippen molar-refractivity contribution in [2.45, 2.75) is 32.1 Å². The largest absolute Gasteiger partial charge is 0.216 e. The Morgan fingerprint density at radius 2 is 1.38 bits per heavy atom. The molecule has 0 nitrogen and oxygen atoms in total. The summed E-state index contributed by atoms with van der Waals surface area (Å²) in [6, 6.07) is 15.0. The molecule has 110 valence electrons. The van der Waals surface area contributed by atoms with Crippen molar-refractivity contribution in [2.75, 3.05) is 0 Å². The summed E-state index contributed by atoms with van der Waals surface area (Å²) in [6.07, 6.45) is 7.32. The van der Waals surface area contributed by atoms with Crippen molar-refractivity contribution in [3.05, 3.63) is 72.3 Å². The van der Waals surface area contributed by atoms with E-state index in [9.17, 15) is 8.78 Å². The number of halogens is 2. The fourth-order valence-corrected chi connectivity index (χ4v) is 2.34. The molecule has 0 radical (unpaired) electrons. The molecule has 0 fully saturated rings. The minimum absolute atomic E-state index is 0.210. The Kier molecular flexibility index (Phi) is 6.14.